The zero-order valence-electron chi connectivity index (χ0n) is 16.5. The maximum Gasteiger partial charge on any atom is 0.390 e. The predicted molar refractivity (Wildman–Crippen MR) is 101 cm³/mol. The Balaban J connectivity index is 2.65. The van der Waals surface area contributed by atoms with Crippen LogP contribution in [0.5, 0.6) is 0 Å². The van der Waals surface area contributed by atoms with Crippen LogP contribution in [0.4, 0.5) is 26.3 Å². The second kappa shape index (κ2) is 9.86. The Morgan fingerprint density at radius 3 is 2.38 bits per heavy atom. The van der Waals surface area contributed by atoms with Gasteiger partial charge in [-0.05, 0) is 36.2 Å². The van der Waals surface area contributed by atoms with E-state index in [9.17, 15) is 39.6 Å². The lowest BCUT2D eigenvalue weighted by molar-refractivity contribution is -0.129. The number of benzene rings is 1. The highest BCUT2D eigenvalue weighted by molar-refractivity contribution is 7.91. The van der Waals surface area contributed by atoms with E-state index in [2.05, 4.69) is 10.3 Å². The Labute approximate surface area is 179 Å². The molecule has 1 heterocycles. The SMILES string of the molecule is Cc1cc(C(=O)NCCO)ncc1C(c1c(F)ccc(F)c1F)S(=O)(=O)CCC(F)(F)F. The summed E-state index contributed by atoms with van der Waals surface area (Å²) < 4.78 is 106. The fourth-order valence-electron chi connectivity index (χ4n) is 2.91. The first-order valence-electron chi connectivity index (χ1n) is 9.05. The molecule has 2 aromatic rings. The number of aryl methyl sites for hydroxylation is 1. The zero-order valence-corrected chi connectivity index (χ0v) is 17.3. The molecule has 0 spiro atoms. The molecule has 0 radical (unpaired) electrons. The molecular weight excluding hydrogens is 466 g/mol. The average Bonchev–Trinajstić information content (AvgIpc) is 2.70. The van der Waals surface area contributed by atoms with Crippen LogP contribution in [-0.4, -0.2) is 49.5 Å². The highest BCUT2D eigenvalue weighted by Gasteiger charge is 2.39. The number of carbonyl (C=O) groups excluding carboxylic acids is 1. The van der Waals surface area contributed by atoms with Gasteiger partial charge in [-0.1, -0.05) is 0 Å². The summed E-state index contributed by atoms with van der Waals surface area (Å²) in [5, 5.41) is 8.69. The van der Waals surface area contributed by atoms with E-state index in [1.54, 1.807) is 0 Å². The number of pyridine rings is 1. The quantitative estimate of drug-likeness (QED) is 0.444. The minimum atomic E-state index is -4.93. The Bertz CT molecular complexity index is 1110. The van der Waals surface area contributed by atoms with Crippen LogP contribution in [0.15, 0.2) is 24.4 Å². The third kappa shape index (κ3) is 5.97. The lowest BCUT2D eigenvalue weighted by Gasteiger charge is -2.22. The van der Waals surface area contributed by atoms with Crippen LogP contribution in [0.3, 0.4) is 0 Å². The largest absolute Gasteiger partial charge is 0.395 e. The first-order chi connectivity index (χ1) is 14.8. The number of aliphatic hydroxyl groups is 1. The Morgan fingerprint density at radius 2 is 1.81 bits per heavy atom. The van der Waals surface area contributed by atoms with E-state index < -0.39 is 67.9 Å². The van der Waals surface area contributed by atoms with E-state index in [4.69, 9.17) is 5.11 Å². The van der Waals surface area contributed by atoms with Gasteiger partial charge in [0.2, 0.25) is 0 Å². The van der Waals surface area contributed by atoms with Crippen molar-refractivity contribution in [1.82, 2.24) is 10.3 Å². The smallest absolute Gasteiger partial charge is 0.390 e. The van der Waals surface area contributed by atoms with Gasteiger partial charge in [-0.15, -0.1) is 0 Å². The summed E-state index contributed by atoms with van der Waals surface area (Å²) in [6.07, 6.45) is -5.89. The molecule has 0 fully saturated rings. The lowest BCUT2D eigenvalue weighted by atomic mass is 10.00. The normalized spacial score (nSPS) is 13.1. The van der Waals surface area contributed by atoms with E-state index >= 15 is 0 Å². The van der Waals surface area contributed by atoms with Crippen LogP contribution >= 0.6 is 0 Å². The second-order valence-corrected chi connectivity index (χ2v) is 8.98. The number of aliphatic hydroxyl groups excluding tert-OH is 1. The molecule has 1 atom stereocenters. The van der Waals surface area contributed by atoms with Gasteiger partial charge in [0, 0.05) is 18.3 Å². The van der Waals surface area contributed by atoms with Crippen molar-refractivity contribution in [2.45, 2.75) is 24.8 Å². The van der Waals surface area contributed by atoms with Crippen molar-refractivity contribution >= 4 is 15.7 Å². The van der Waals surface area contributed by atoms with Crippen molar-refractivity contribution in [1.29, 1.82) is 0 Å². The number of hydrogen-bond donors (Lipinski definition) is 2. The van der Waals surface area contributed by atoms with Gasteiger partial charge >= 0.3 is 6.18 Å². The summed E-state index contributed by atoms with van der Waals surface area (Å²) in [6, 6.07) is 1.93. The number of rotatable bonds is 8. The molecule has 0 saturated carbocycles. The molecule has 1 aromatic heterocycles. The maximum atomic E-state index is 14.5. The predicted octanol–water partition coefficient (Wildman–Crippen LogP) is 2.99. The van der Waals surface area contributed by atoms with Crippen LogP contribution in [-0.2, 0) is 9.84 Å². The van der Waals surface area contributed by atoms with E-state index in [-0.39, 0.29) is 24.4 Å². The summed E-state index contributed by atoms with van der Waals surface area (Å²) in [7, 11) is -4.93. The molecule has 1 aromatic carbocycles. The third-order valence-corrected chi connectivity index (χ3v) is 6.42. The maximum absolute atomic E-state index is 14.5. The van der Waals surface area contributed by atoms with E-state index in [1.165, 1.54) is 6.92 Å². The number of halogens is 6. The summed E-state index contributed by atoms with van der Waals surface area (Å²) in [6.45, 7) is 0.761. The Hall–Kier alpha value is -2.67. The van der Waals surface area contributed by atoms with Crippen LogP contribution in [0.1, 0.15) is 38.8 Å². The van der Waals surface area contributed by atoms with Gasteiger partial charge in [-0.3, -0.25) is 9.78 Å². The number of nitrogens with zero attached hydrogens (tertiary/aromatic N) is 1. The van der Waals surface area contributed by atoms with Crippen molar-refractivity contribution < 1.29 is 44.7 Å². The second-order valence-electron chi connectivity index (χ2n) is 6.77. The Kier molecular flexibility index (Phi) is 7.88. The molecule has 176 valence electrons. The van der Waals surface area contributed by atoms with Gasteiger partial charge in [-0.2, -0.15) is 13.2 Å². The average molecular weight is 484 g/mol. The number of hydrogen-bond acceptors (Lipinski definition) is 5. The molecule has 0 aliphatic carbocycles. The number of nitrogens with one attached hydrogen (secondary N) is 1. The van der Waals surface area contributed by atoms with Gasteiger partial charge < -0.3 is 10.4 Å². The van der Waals surface area contributed by atoms with Crippen LogP contribution in [0.2, 0.25) is 0 Å². The van der Waals surface area contributed by atoms with Crippen LogP contribution in [0.25, 0.3) is 0 Å². The van der Waals surface area contributed by atoms with Crippen LogP contribution in [0, 0.1) is 24.4 Å². The fourth-order valence-corrected chi connectivity index (χ4v) is 4.87. The van der Waals surface area contributed by atoms with Gasteiger partial charge in [0.1, 0.15) is 16.8 Å². The minimum absolute atomic E-state index is 0.0437. The van der Waals surface area contributed by atoms with Crippen molar-refractivity contribution in [3.8, 4) is 0 Å². The molecule has 1 unspecified atom stereocenters. The molecule has 13 heteroatoms. The highest BCUT2D eigenvalue weighted by atomic mass is 32.2. The first kappa shape index (κ1) is 25.6. The molecule has 0 bridgehead atoms. The van der Waals surface area contributed by atoms with Gasteiger partial charge in [0.05, 0.1) is 18.8 Å². The topological polar surface area (TPSA) is 96.4 Å². The summed E-state index contributed by atoms with van der Waals surface area (Å²) >= 11 is 0. The highest BCUT2D eigenvalue weighted by Crippen LogP contribution is 2.38. The van der Waals surface area contributed by atoms with Crippen LogP contribution < -0.4 is 5.32 Å². The van der Waals surface area contributed by atoms with Crippen molar-refractivity contribution in [3.63, 3.8) is 0 Å². The van der Waals surface area contributed by atoms with Gasteiger partial charge in [0.25, 0.3) is 5.91 Å². The zero-order chi connectivity index (χ0) is 24.3. The standard InChI is InChI=1S/C19H18F6N2O4S/c1-10-8-14(18(29)26-5-6-28)27-9-11(10)17(32(30,31)7-4-19(23,24)25)15-12(20)2-3-13(21)16(15)22/h2-3,8-9,17,28H,4-7H2,1H3,(H,26,29). The molecule has 0 aliphatic rings. The third-order valence-electron chi connectivity index (χ3n) is 4.43. The fraction of sp³-hybridized carbons (Fsp3) is 0.368. The molecule has 0 aliphatic heterocycles. The Morgan fingerprint density at radius 1 is 1.19 bits per heavy atom. The summed E-state index contributed by atoms with van der Waals surface area (Å²) in [5.41, 5.74) is -1.99. The van der Waals surface area contributed by atoms with Gasteiger partial charge in [0.15, 0.2) is 21.5 Å². The van der Waals surface area contributed by atoms with Crippen molar-refractivity contribution in [3.05, 3.63) is 64.2 Å². The molecule has 1 amide bonds. The molecule has 0 saturated heterocycles. The first-order valence-corrected chi connectivity index (χ1v) is 10.8. The van der Waals surface area contributed by atoms with E-state index in [0.717, 1.165) is 12.3 Å². The summed E-state index contributed by atoms with van der Waals surface area (Å²) in [5.74, 6) is -7.21. The van der Waals surface area contributed by atoms with Gasteiger partial charge in [-0.25, -0.2) is 21.6 Å². The monoisotopic (exact) mass is 484 g/mol. The number of amides is 1. The van der Waals surface area contributed by atoms with Crippen molar-refractivity contribution in [2.24, 2.45) is 0 Å². The molecule has 32 heavy (non-hydrogen) atoms. The summed E-state index contributed by atoms with van der Waals surface area (Å²) in [4.78, 5) is 15.7. The number of sulfone groups is 1. The minimum Gasteiger partial charge on any atom is -0.395 e. The number of aromatic nitrogens is 1. The number of carbonyl (C=O) groups is 1. The number of alkyl halides is 3. The van der Waals surface area contributed by atoms with E-state index in [1.807, 2.05) is 0 Å². The van der Waals surface area contributed by atoms with E-state index in [0.29, 0.717) is 12.1 Å². The molecule has 6 nitrogen and oxygen atoms in total. The molecular formula is C19H18F6N2O4S. The lowest BCUT2D eigenvalue weighted by Crippen LogP contribution is -2.28. The van der Waals surface area contributed by atoms with Crippen molar-refractivity contribution in [2.75, 3.05) is 18.9 Å². The molecule has 2 N–H and O–H groups in total. The molecule has 2 rings (SSSR count).